The molecule has 100 valence electrons. The zero-order chi connectivity index (χ0) is 13.5. The standard InChI is InChI=1S/C17H21NO/c1-14-7-6-8-15(2)17(14)13-18-11-12-19-16-9-4-3-5-10-16/h3-10,18H,11-13H2,1-2H3. The number of ether oxygens (including phenoxy) is 1. The molecule has 0 bridgehead atoms. The van der Waals surface area contributed by atoms with Crippen LogP contribution in [0.3, 0.4) is 0 Å². The maximum absolute atomic E-state index is 5.64. The van der Waals surface area contributed by atoms with Crippen LogP contribution in [0.5, 0.6) is 5.75 Å². The number of nitrogens with one attached hydrogen (secondary N) is 1. The third-order valence-corrected chi connectivity index (χ3v) is 3.24. The predicted molar refractivity (Wildman–Crippen MR) is 79.6 cm³/mol. The first-order valence-electron chi connectivity index (χ1n) is 6.71. The lowest BCUT2D eigenvalue weighted by Crippen LogP contribution is -2.21. The Morgan fingerprint density at radius 1 is 0.895 bits per heavy atom. The van der Waals surface area contributed by atoms with E-state index in [4.69, 9.17) is 4.74 Å². The van der Waals surface area contributed by atoms with Gasteiger partial charge in [-0.05, 0) is 42.7 Å². The van der Waals surface area contributed by atoms with Gasteiger partial charge in [-0.25, -0.2) is 0 Å². The second-order valence-corrected chi connectivity index (χ2v) is 4.71. The summed E-state index contributed by atoms with van der Waals surface area (Å²) in [5.41, 5.74) is 4.08. The van der Waals surface area contributed by atoms with E-state index in [2.05, 4.69) is 37.4 Å². The van der Waals surface area contributed by atoms with Gasteiger partial charge in [-0.15, -0.1) is 0 Å². The molecule has 2 nitrogen and oxygen atoms in total. The highest BCUT2D eigenvalue weighted by Crippen LogP contribution is 2.12. The van der Waals surface area contributed by atoms with Crippen molar-refractivity contribution in [2.24, 2.45) is 0 Å². The summed E-state index contributed by atoms with van der Waals surface area (Å²) in [6.07, 6.45) is 0. The van der Waals surface area contributed by atoms with Crippen molar-refractivity contribution in [1.29, 1.82) is 0 Å². The van der Waals surface area contributed by atoms with Gasteiger partial charge in [0.05, 0.1) is 0 Å². The van der Waals surface area contributed by atoms with E-state index in [0.717, 1.165) is 18.8 Å². The minimum Gasteiger partial charge on any atom is -0.492 e. The Morgan fingerprint density at radius 2 is 1.58 bits per heavy atom. The molecule has 2 aromatic rings. The molecule has 0 spiro atoms. The molecule has 0 radical (unpaired) electrons. The highest BCUT2D eigenvalue weighted by Gasteiger charge is 2.01. The molecule has 2 rings (SSSR count). The fraction of sp³-hybridized carbons (Fsp3) is 0.294. The minimum atomic E-state index is 0.689. The van der Waals surface area contributed by atoms with Gasteiger partial charge in [0.2, 0.25) is 0 Å². The normalized spacial score (nSPS) is 10.4. The Bertz CT molecular complexity index is 488. The maximum Gasteiger partial charge on any atom is 0.119 e. The number of hydrogen-bond donors (Lipinski definition) is 1. The molecule has 0 fully saturated rings. The average molecular weight is 255 g/mol. The van der Waals surface area contributed by atoms with Crippen molar-refractivity contribution in [3.63, 3.8) is 0 Å². The highest BCUT2D eigenvalue weighted by molar-refractivity contribution is 5.33. The third-order valence-electron chi connectivity index (χ3n) is 3.24. The van der Waals surface area contributed by atoms with E-state index < -0.39 is 0 Å². The van der Waals surface area contributed by atoms with Crippen LogP contribution in [-0.2, 0) is 6.54 Å². The Morgan fingerprint density at radius 3 is 2.26 bits per heavy atom. The minimum absolute atomic E-state index is 0.689. The molecule has 0 unspecified atom stereocenters. The third kappa shape index (κ3) is 4.11. The highest BCUT2D eigenvalue weighted by atomic mass is 16.5. The molecule has 0 aliphatic heterocycles. The van der Waals surface area contributed by atoms with Gasteiger partial charge in [-0.3, -0.25) is 0 Å². The monoisotopic (exact) mass is 255 g/mol. The molecule has 0 saturated carbocycles. The van der Waals surface area contributed by atoms with Crippen LogP contribution < -0.4 is 10.1 Å². The van der Waals surface area contributed by atoms with Crippen LogP contribution in [0, 0.1) is 13.8 Å². The van der Waals surface area contributed by atoms with E-state index in [1.807, 2.05) is 30.3 Å². The summed E-state index contributed by atoms with van der Waals surface area (Å²) < 4.78 is 5.64. The molecule has 0 aliphatic rings. The molecular weight excluding hydrogens is 234 g/mol. The zero-order valence-electron chi connectivity index (χ0n) is 11.6. The van der Waals surface area contributed by atoms with Gasteiger partial charge in [0.1, 0.15) is 12.4 Å². The molecule has 0 atom stereocenters. The SMILES string of the molecule is Cc1cccc(C)c1CNCCOc1ccccc1. The fourth-order valence-corrected chi connectivity index (χ4v) is 2.10. The summed E-state index contributed by atoms with van der Waals surface area (Å²) in [5.74, 6) is 0.927. The molecule has 0 heterocycles. The predicted octanol–water partition coefficient (Wildman–Crippen LogP) is 3.47. The number of benzene rings is 2. The van der Waals surface area contributed by atoms with Crippen molar-refractivity contribution in [3.8, 4) is 5.75 Å². The van der Waals surface area contributed by atoms with Crippen LogP contribution >= 0.6 is 0 Å². The number of aryl methyl sites for hydroxylation is 2. The van der Waals surface area contributed by atoms with Crippen molar-refractivity contribution in [2.75, 3.05) is 13.2 Å². The van der Waals surface area contributed by atoms with Crippen LogP contribution in [0.2, 0.25) is 0 Å². The first kappa shape index (κ1) is 13.6. The van der Waals surface area contributed by atoms with Crippen molar-refractivity contribution < 1.29 is 4.74 Å². The lowest BCUT2D eigenvalue weighted by atomic mass is 10.0. The van der Waals surface area contributed by atoms with Gasteiger partial charge in [0.15, 0.2) is 0 Å². The second kappa shape index (κ2) is 6.95. The first-order chi connectivity index (χ1) is 9.27. The Kier molecular flexibility index (Phi) is 4.99. The van der Waals surface area contributed by atoms with Crippen molar-refractivity contribution in [3.05, 3.63) is 65.2 Å². The molecular formula is C17H21NO. The van der Waals surface area contributed by atoms with E-state index in [0.29, 0.717) is 6.61 Å². The molecule has 19 heavy (non-hydrogen) atoms. The maximum atomic E-state index is 5.64. The molecule has 2 aromatic carbocycles. The summed E-state index contributed by atoms with van der Waals surface area (Å²) in [7, 11) is 0. The van der Waals surface area contributed by atoms with Gasteiger partial charge in [0.25, 0.3) is 0 Å². The zero-order valence-corrected chi connectivity index (χ0v) is 11.6. The van der Waals surface area contributed by atoms with E-state index in [-0.39, 0.29) is 0 Å². The average Bonchev–Trinajstić information content (AvgIpc) is 2.42. The molecule has 0 aliphatic carbocycles. The first-order valence-corrected chi connectivity index (χ1v) is 6.71. The number of rotatable bonds is 6. The van der Waals surface area contributed by atoms with Crippen LogP contribution in [0.15, 0.2) is 48.5 Å². The number of hydrogen-bond acceptors (Lipinski definition) is 2. The molecule has 0 amide bonds. The molecule has 0 saturated heterocycles. The van der Waals surface area contributed by atoms with E-state index >= 15 is 0 Å². The topological polar surface area (TPSA) is 21.3 Å². The number of para-hydroxylation sites is 1. The second-order valence-electron chi connectivity index (χ2n) is 4.71. The fourth-order valence-electron chi connectivity index (χ4n) is 2.10. The summed E-state index contributed by atoms with van der Waals surface area (Å²) in [5, 5.41) is 3.43. The lowest BCUT2D eigenvalue weighted by Gasteiger charge is -2.11. The van der Waals surface area contributed by atoms with Crippen LogP contribution in [0.1, 0.15) is 16.7 Å². The van der Waals surface area contributed by atoms with Gasteiger partial charge < -0.3 is 10.1 Å². The van der Waals surface area contributed by atoms with Gasteiger partial charge in [-0.2, -0.15) is 0 Å². The Balaban J connectivity index is 1.73. The summed E-state index contributed by atoms with van der Waals surface area (Å²) in [6, 6.07) is 16.3. The van der Waals surface area contributed by atoms with E-state index in [1.165, 1.54) is 16.7 Å². The van der Waals surface area contributed by atoms with Crippen molar-refractivity contribution in [1.82, 2.24) is 5.32 Å². The molecule has 2 heteroatoms. The van der Waals surface area contributed by atoms with Gasteiger partial charge >= 0.3 is 0 Å². The quantitative estimate of drug-likeness (QED) is 0.798. The van der Waals surface area contributed by atoms with Gasteiger partial charge in [-0.1, -0.05) is 36.4 Å². The van der Waals surface area contributed by atoms with Crippen LogP contribution in [-0.4, -0.2) is 13.2 Å². The van der Waals surface area contributed by atoms with Gasteiger partial charge in [0, 0.05) is 13.1 Å². The Labute approximate surface area is 115 Å². The van der Waals surface area contributed by atoms with Crippen LogP contribution in [0.4, 0.5) is 0 Å². The Hall–Kier alpha value is -1.80. The molecule has 0 aromatic heterocycles. The largest absolute Gasteiger partial charge is 0.492 e. The summed E-state index contributed by atoms with van der Waals surface area (Å²) in [4.78, 5) is 0. The van der Waals surface area contributed by atoms with E-state index in [1.54, 1.807) is 0 Å². The summed E-state index contributed by atoms with van der Waals surface area (Å²) in [6.45, 7) is 6.75. The summed E-state index contributed by atoms with van der Waals surface area (Å²) >= 11 is 0. The van der Waals surface area contributed by atoms with E-state index in [9.17, 15) is 0 Å². The lowest BCUT2D eigenvalue weighted by molar-refractivity contribution is 0.313. The van der Waals surface area contributed by atoms with Crippen molar-refractivity contribution in [2.45, 2.75) is 20.4 Å². The van der Waals surface area contributed by atoms with Crippen LogP contribution in [0.25, 0.3) is 0 Å². The van der Waals surface area contributed by atoms with Crippen molar-refractivity contribution >= 4 is 0 Å². The smallest absolute Gasteiger partial charge is 0.119 e. The molecule has 1 N–H and O–H groups in total.